The number of furan rings is 1. The van der Waals surface area contributed by atoms with Crippen molar-refractivity contribution >= 4 is 18.0 Å². The van der Waals surface area contributed by atoms with Gasteiger partial charge < -0.3 is 14.5 Å². The minimum Gasteiger partial charge on any atom is -0.469 e. The van der Waals surface area contributed by atoms with Crippen molar-refractivity contribution < 1.29 is 13.9 Å². The normalized spacial score (nSPS) is 18.0. The molecule has 3 aromatic rings. The summed E-state index contributed by atoms with van der Waals surface area (Å²) < 4.78 is 12.8. The van der Waals surface area contributed by atoms with Gasteiger partial charge in [0.2, 0.25) is 0 Å². The highest BCUT2D eigenvalue weighted by atomic mass is 16.5. The number of fused-ring (bicyclic) bond motifs is 1. The van der Waals surface area contributed by atoms with E-state index in [0.29, 0.717) is 12.3 Å². The van der Waals surface area contributed by atoms with E-state index in [-0.39, 0.29) is 17.8 Å². The van der Waals surface area contributed by atoms with Crippen LogP contribution in [0, 0.1) is 12.8 Å². The van der Waals surface area contributed by atoms with E-state index in [1.807, 2.05) is 61.0 Å². The van der Waals surface area contributed by atoms with Crippen LogP contribution < -0.4 is 5.32 Å². The smallest absolute Gasteiger partial charge is 0.313 e. The summed E-state index contributed by atoms with van der Waals surface area (Å²) in [6.07, 6.45) is 3.76. The molecule has 1 aliphatic heterocycles. The average Bonchev–Trinajstić information content (AvgIpc) is 3.30. The Kier molecular flexibility index (Phi) is 4.77. The second-order valence-electron chi connectivity index (χ2n) is 6.97. The number of benzene rings is 1. The van der Waals surface area contributed by atoms with Crippen LogP contribution in [0.4, 0.5) is 5.82 Å². The van der Waals surface area contributed by atoms with Crippen LogP contribution in [0.3, 0.4) is 0 Å². The summed E-state index contributed by atoms with van der Waals surface area (Å²) in [4.78, 5) is 17.0. The summed E-state index contributed by atoms with van der Waals surface area (Å²) in [6.45, 7) is 4.55. The van der Waals surface area contributed by atoms with Gasteiger partial charge in [0.15, 0.2) is 5.76 Å². The van der Waals surface area contributed by atoms with Gasteiger partial charge in [-0.3, -0.25) is 9.36 Å². The first kappa shape index (κ1) is 18.1. The summed E-state index contributed by atoms with van der Waals surface area (Å²) in [5, 5.41) is 3.50. The molecule has 1 aromatic carbocycles. The lowest BCUT2D eigenvalue weighted by atomic mass is 9.91. The standard InChI is InChI=1S/C22H23N3O3/c1-14-9-10-18(28-14)19-21(23-13-16-7-5-4-6-8-16)25-12-11-17(22(26)27-3)15(2)20(25)24-19/h4-12,15,17,23H,13H2,1-3H3. The van der Waals surface area contributed by atoms with Crippen molar-refractivity contribution in [2.45, 2.75) is 26.3 Å². The minimum absolute atomic E-state index is 0.112. The molecule has 2 unspecified atom stereocenters. The van der Waals surface area contributed by atoms with E-state index < -0.39 is 0 Å². The third kappa shape index (κ3) is 3.22. The minimum atomic E-state index is -0.354. The van der Waals surface area contributed by atoms with Gasteiger partial charge in [-0.2, -0.15) is 0 Å². The molecule has 0 bridgehead atoms. The van der Waals surface area contributed by atoms with Gasteiger partial charge in [0.05, 0.1) is 13.0 Å². The van der Waals surface area contributed by atoms with Gasteiger partial charge in [-0.25, -0.2) is 4.98 Å². The molecule has 4 rings (SSSR count). The molecule has 0 aliphatic carbocycles. The van der Waals surface area contributed by atoms with Crippen molar-refractivity contribution in [1.29, 1.82) is 0 Å². The van der Waals surface area contributed by atoms with Crippen molar-refractivity contribution in [3.05, 3.63) is 65.7 Å². The topological polar surface area (TPSA) is 69.3 Å². The lowest BCUT2D eigenvalue weighted by Gasteiger charge is -2.23. The molecule has 28 heavy (non-hydrogen) atoms. The van der Waals surface area contributed by atoms with E-state index in [1.165, 1.54) is 12.7 Å². The van der Waals surface area contributed by atoms with Crippen LogP contribution in [-0.4, -0.2) is 22.6 Å². The summed E-state index contributed by atoms with van der Waals surface area (Å²) in [6, 6.07) is 14.0. The molecule has 0 spiro atoms. The Morgan fingerprint density at radius 2 is 2.04 bits per heavy atom. The molecular formula is C22H23N3O3. The van der Waals surface area contributed by atoms with E-state index in [1.54, 1.807) is 0 Å². The zero-order valence-corrected chi connectivity index (χ0v) is 16.2. The van der Waals surface area contributed by atoms with Crippen LogP contribution in [0.25, 0.3) is 17.7 Å². The Hall–Kier alpha value is -3.28. The molecule has 144 valence electrons. The number of carbonyl (C=O) groups excluding carboxylic acids is 1. The fourth-order valence-electron chi connectivity index (χ4n) is 3.53. The fourth-order valence-corrected chi connectivity index (χ4v) is 3.53. The largest absolute Gasteiger partial charge is 0.469 e. The van der Waals surface area contributed by atoms with Gasteiger partial charge in [0.25, 0.3) is 0 Å². The van der Waals surface area contributed by atoms with Crippen molar-refractivity contribution in [3.63, 3.8) is 0 Å². The Morgan fingerprint density at radius 1 is 1.25 bits per heavy atom. The van der Waals surface area contributed by atoms with Gasteiger partial charge >= 0.3 is 5.97 Å². The van der Waals surface area contributed by atoms with Gasteiger partial charge in [-0.15, -0.1) is 0 Å². The number of rotatable bonds is 5. The predicted octanol–water partition coefficient (Wildman–Crippen LogP) is 4.44. The van der Waals surface area contributed by atoms with Crippen molar-refractivity contribution in [3.8, 4) is 11.5 Å². The van der Waals surface area contributed by atoms with Gasteiger partial charge in [0.1, 0.15) is 23.1 Å². The molecule has 3 heterocycles. The van der Waals surface area contributed by atoms with E-state index in [9.17, 15) is 4.79 Å². The van der Waals surface area contributed by atoms with Crippen LogP contribution >= 0.6 is 0 Å². The first-order valence-corrected chi connectivity index (χ1v) is 9.31. The predicted molar refractivity (Wildman–Crippen MR) is 108 cm³/mol. The number of aromatic nitrogens is 2. The summed E-state index contributed by atoms with van der Waals surface area (Å²) >= 11 is 0. The highest BCUT2D eigenvalue weighted by Crippen LogP contribution is 2.38. The molecule has 0 amide bonds. The van der Waals surface area contributed by atoms with E-state index in [4.69, 9.17) is 14.1 Å². The number of hydrogen-bond donors (Lipinski definition) is 1. The van der Waals surface area contributed by atoms with Crippen molar-refractivity contribution in [2.24, 2.45) is 5.92 Å². The Labute approximate surface area is 163 Å². The molecule has 6 heteroatoms. The number of imidazole rings is 1. The van der Waals surface area contributed by atoms with E-state index >= 15 is 0 Å². The molecule has 2 aromatic heterocycles. The molecule has 0 radical (unpaired) electrons. The molecule has 0 fully saturated rings. The Morgan fingerprint density at radius 3 is 2.71 bits per heavy atom. The number of nitrogens with zero attached hydrogens (tertiary/aromatic N) is 2. The maximum atomic E-state index is 12.1. The first-order valence-electron chi connectivity index (χ1n) is 9.31. The molecular weight excluding hydrogens is 354 g/mol. The maximum Gasteiger partial charge on any atom is 0.313 e. The van der Waals surface area contributed by atoms with Gasteiger partial charge in [0, 0.05) is 18.7 Å². The highest BCUT2D eigenvalue weighted by molar-refractivity contribution is 5.79. The van der Waals surface area contributed by atoms with Crippen LogP contribution in [0.2, 0.25) is 0 Å². The van der Waals surface area contributed by atoms with Crippen LogP contribution in [-0.2, 0) is 16.1 Å². The molecule has 0 saturated carbocycles. The number of carbonyl (C=O) groups is 1. The van der Waals surface area contributed by atoms with Crippen LogP contribution in [0.5, 0.6) is 0 Å². The van der Waals surface area contributed by atoms with Gasteiger partial charge in [-0.1, -0.05) is 43.3 Å². The molecule has 0 saturated heterocycles. The van der Waals surface area contributed by atoms with Crippen LogP contribution in [0.1, 0.15) is 30.0 Å². The van der Waals surface area contributed by atoms with E-state index in [2.05, 4.69) is 17.4 Å². The fraction of sp³-hybridized carbons (Fsp3) is 0.273. The average molecular weight is 377 g/mol. The van der Waals surface area contributed by atoms with E-state index in [0.717, 1.165) is 23.1 Å². The van der Waals surface area contributed by atoms with Crippen LogP contribution in [0.15, 0.2) is 53.0 Å². The Bertz CT molecular complexity index is 1020. The molecule has 1 aliphatic rings. The molecule has 6 nitrogen and oxygen atoms in total. The lowest BCUT2D eigenvalue weighted by molar-refractivity contribution is -0.144. The van der Waals surface area contributed by atoms with Crippen molar-refractivity contribution in [2.75, 3.05) is 12.4 Å². The second-order valence-corrected chi connectivity index (χ2v) is 6.97. The summed E-state index contributed by atoms with van der Waals surface area (Å²) in [7, 11) is 1.41. The summed E-state index contributed by atoms with van der Waals surface area (Å²) in [5.74, 6) is 2.45. The SMILES string of the molecule is COC(=O)C1C=Cn2c(nc(-c3ccc(C)o3)c2NCc2ccccc2)C1C. The number of methoxy groups -OCH3 is 1. The number of hydrogen-bond acceptors (Lipinski definition) is 5. The quantitative estimate of drug-likeness (QED) is 0.666. The zero-order chi connectivity index (χ0) is 19.7. The zero-order valence-electron chi connectivity index (χ0n) is 16.2. The number of nitrogens with one attached hydrogen (secondary N) is 1. The maximum absolute atomic E-state index is 12.1. The molecule has 2 atom stereocenters. The highest BCUT2D eigenvalue weighted by Gasteiger charge is 2.33. The molecule has 1 N–H and O–H groups in total. The monoisotopic (exact) mass is 377 g/mol. The first-order chi connectivity index (χ1) is 13.6. The third-order valence-corrected chi connectivity index (χ3v) is 5.08. The summed E-state index contributed by atoms with van der Waals surface area (Å²) in [5.41, 5.74) is 1.90. The van der Waals surface area contributed by atoms with Crippen molar-refractivity contribution in [1.82, 2.24) is 9.55 Å². The Balaban J connectivity index is 1.74. The number of esters is 1. The number of aryl methyl sites for hydroxylation is 1. The second kappa shape index (κ2) is 7.38. The number of ether oxygens (including phenoxy) is 1. The van der Waals surface area contributed by atoms with Gasteiger partial charge in [-0.05, 0) is 24.6 Å². The lowest BCUT2D eigenvalue weighted by Crippen LogP contribution is -2.25. The third-order valence-electron chi connectivity index (χ3n) is 5.08. The number of anilines is 1.